The van der Waals surface area contributed by atoms with Crippen LogP contribution < -0.4 is 0 Å². The molecular weight excluding hydrogens is 214 g/mol. The third-order valence-electron chi connectivity index (χ3n) is 3.26. The van der Waals surface area contributed by atoms with E-state index in [4.69, 9.17) is 0 Å². The van der Waals surface area contributed by atoms with Crippen LogP contribution in [0.1, 0.15) is 22.8 Å². The molecule has 0 saturated heterocycles. The number of hydrogen-bond donors (Lipinski definition) is 0. The number of ketones is 1. The molecule has 1 atom stereocenters. The fourth-order valence-corrected chi connectivity index (χ4v) is 2.26. The van der Waals surface area contributed by atoms with Crippen LogP contribution in [-0.2, 0) is 6.42 Å². The van der Waals surface area contributed by atoms with Gasteiger partial charge in [-0.3, -0.25) is 9.80 Å². The molecule has 0 bridgehead atoms. The van der Waals surface area contributed by atoms with Crippen molar-refractivity contribution in [3.63, 3.8) is 0 Å². The summed E-state index contributed by atoms with van der Waals surface area (Å²) in [6.45, 7) is 2.08. The molecule has 2 aliphatic heterocycles. The van der Waals surface area contributed by atoms with E-state index in [0.29, 0.717) is 0 Å². The van der Waals surface area contributed by atoms with Gasteiger partial charge in [-0.1, -0.05) is 13.0 Å². The lowest BCUT2D eigenvalue weighted by molar-refractivity contribution is 0.0916. The zero-order chi connectivity index (χ0) is 12.0. The van der Waals surface area contributed by atoms with Crippen LogP contribution in [0.25, 0.3) is 0 Å². The van der Waals surface area contributed by atoms with Crippen molar-refractivity contribution < 1.29 is 4.79 Å². The maximum Gasteiger partial charge on any atom is 0.195 e. The van der Waals surface area contributed by atoms with Gasteiger partial charge in [0.25, 0.3) is 0 Å². The molecule has 4 nitrogen and oxygen atoms in total. The first-order valence-corrected chi connectivity index (χ1v) is 5.73. The van der Waals surface area contributed by atoms with Gasteiger partial charge in [0, 0.05) is 12.6 Å². The molecule has 17 heavy (non-hydrogen) atoms. The number of nitrogens with zero attached hydrogens (tertiary/aromatic N) is 3. The highest BCUT2D eigenvalue weighted by molar-refractivity contribution is 6.43. The molecule has 1 unspecified atom stereocenters. The number of hydrogen-bond acceptors (Lipinski definition) is 4. The number of aryl methyl sites for hydroxylation is 1. The van der Waals surface area contributed by atoms with E-state index in [2.05, 4.69) is 17.0 Å². The molecule has 0 aromatic heterocycles. The fourth-order valence-electron chi connectivity index (χ4n) is 2.26. The van der Waals surface area contributed by atoms with Gasteiger partial charge in [-0.2, -0.15) is 5.10 Å². The van der Waals surface area contributed by atoms with Crippen LogP contribution in [-0.4, -0.2) is 35.8 Å². The maximum absolute atomic E-state index is 12.4. The molecule has 4 heteroatoms. The number of likely N-dealkylation sites (N-methyl/N-ethyl adjacent to an activating group) is 1. The first-order valence-electron chi connectivity index (χ1n) is 5.73. The zero-order valence-corrected chi connectivity index (χ0v) is 9.84. The monoisotopic (exact) mass is 227 g/mol. The first kappa shape index (κ1) is 10.2. The second-order valence-corrected chi connectivity index (χ2v) is 4.33. The second-order valence-electron chi connectivity index (χ2n) is 4.33. The van der Waals surface area contributed by atoms with Gasteiger partial charge in [0.15, 0.2) is 11.8 Å². The average molecular weight is 227 g/mol. The predicted octanol–water partition coefficient (Wildman–Crippen LogP) is 1.82. The van der Waals surface area contributed by atoms with E-state index in [0.717, 1.165) is 28.9 Å². The Bertz CT molecular complexity index is 560. The Labute approximate surface area is 99.7 Å². The normalized spacial score (nSPS) is 21.3. The predicted molar refractivity (Wildman–Crippen MR) is 67.3 cm³/mol. The standard InChI is InChI=1S/C13H13N3O/c1-3-8-4-5-10-9(6-8)13(17)12-11(15-10)7-14-16(12)2/h4-7,12H,3H2,1-2H3. The minimum atomic E-state index is -0.324. The Morgan fingerprint density at radius 2 is 2.24 bits per heavy atom. The molecule has 0 amide bonds. The molecule has 2 heterocycles. The second kappa shape index (κ2) is 3.52. The number of benzene rings is 1. The quantitative estimate of drug-likeness (QED) is 0.734. The number of hydrazone groups is 1. The van der Waals surface area contributed by atoms with Crippen LogP contribution in [0.3, 0.4) is 0 Å². The lowest BCUT2D eigenvalue weighted by Gasteiger charge is -2.22. The molecule has 2 aliphatic rings. The Morgan fingerprint density at radius 1 is 1.41 bits per heavy atom. The van der Waals surface area contributed by atoms with Crippen molar-refractivity contribution in [1.82, 2.24) is 5.01 Å². The minimum absolute atomic E-state index is 0.0975. The summed E-state index contributed by atoms with van der Waals surface area (Å²) in [6.07, 6.45) is 2.59. The highest BCUT2D eigenvalue weighted by Gasteiger charge is 2.36. The molecule has 0 fully saturated rings. The van der Waals surface area contributed by atoms with Crippen LogP contribution >= 0.6 is 0 Å². The van der Waals surface area contributed by atoms with Gasteiger partial charge in [0.05, 0.1) is 17.6 Å². The van der Waals surface area contributed by atoms with Crippen molar-refractivity contribution in [2.24, 2.45) is 10.1 Å². The molecule has 0 N–H and O–H groups in total. The van der Waals surface area contributed by atoms with Crippen LogP contribution in [0, 0.1) is 0 Å². The van der Waals surface area contributed by atoms with Crippen molar-refractivity contribution in [1.29, 1.82) is 0 Å². The van der Waals surface area contributed by atoms with Gasteiger partial charge in [-0.05, 0) is 24.1 Å². The van der Waals surface area contributed by atoms with Crippen LogP contribution in [0.4, 0.5) is 5.69 Å². The Morgan fingerprint density at radius 3 is 3.00 bits per heavy atom. The molecule has 3 rings (SSSR count). The number of carbonyl (C=O) groups excluding carboxylic acids is 1. The molecule has 1 aromatic rings. The fraction of sp³-hybridized carbons (Fsp3) is 0.308. The SMILES string of the molecule is CCc1ccc2c(c1)C(=O)C1C(=N2)C=NN1C. The summed E-state index contributed by atoms with van der Waals surface area (Å²) in [5, 5.41) is 5.78. The highest BCUT2D eigenvalue weighted by Crippen LogP contribution is 2.30. The lowest BCUT2D eigenvalue weighted by atomic mass is 9.94. The largest absolute Gasteiger partial charge is 0.291 e. The summed E-state index contributed by atoms with van der Waals surface area (Å²) >= 11 is 0. The van der Waals surface area contributed by atoms with Gasteiger partial charge in [-0.15, -0.1) is 0 Å². The van der Waals surface area contributed by atoms with E-state index < -0.39 is 0 Å². The number of carbonyl (C=O) groups is 1. The van der Waals surface area contributed by atoms with E-state index in [1.54, 1.807) is 18.3 Å². The Hall–Kier alpha value is -1.97. The van der Waals surface area contributed by atoms with Gasteiger partial charge in [0.1, 0.15) is 0 Å². The number of fused-ring (bicyclic) bond motifs is 2. The van der Waals surface area contributed by atoms with Crippen LogP contribution in [0.2, 0.25) is 0 Å². The van der Waals surface area contributed by atoms with Crippen molar-refractivity contribution in [2.75, 3.05) is 7.05 Å². The van der Waals surface area contributed by atoms with Crippen molar-refractivity contribution in [2.45, 2.75) is 19.4 Å². The third kappa shape index (κ3) is 1.40. The number of rotatable bonds is 1. The van der Waals surface area contributed by atoms with Crippen molar-refractivity contribution in [3.8, 4) is 0 Å². The van der Waals surface area contributed by atoms with Gasteiger partial charge in [0.2, 0.25) is 0 Å². The average Bonchev–Trinajstić information content (AvgIpc) is 2.71. The van der Waals surface area contributed by atoms with Gasteiger partial charge < -0.3 is 0 Å². The van der Waals surface area contributed by atoms with Crippen LogP contribution in [0.15, 0.2) is 28.3 Å². The van der Waals surface area contributed by atoms with E-state index in [9.17, 15) is 4.79 Å². The molecule has 1 aromatic carbocycles. The topological polar surface area (TPSA) is 45.0 Å². The van der Waals surface area contributed by atoms with Gasteiger partial charge in [-0.25, -0.2) is 4.99 Å². The Kier molecular flexibility index (Phi) is 2.11. The molecule has 86 valence electrons. The highest BCUT2D eigenvalue weighted by atomic mass is 16.1. The molecule has 0 aliphatic carbocycles. The summed E-state index contributed by atoms with van der Waals surface area (Å²) in [5.74, 6) is 0.0975. The zero-order valence-electron chi connectivity index (χ0n) is 9.84. The van der Waals surface area contributed by atoms with Crippen molar-refractivity contribution in [3.05, 3.63) is 29.3 Å². The molecular formula is C13H13N3O. The minimum Gasteiger partial charge on any atom is -0.291 e. The number of Topliss-reactive ketones (excluding diaryl/α,β-unsaturated/α-hetero) is 1. The first-order chi connectivity index (χ1) is 8.20. The summed E-state index contributed by atoms with van der Waals surface area (Å²) in [7, 11) is 1.80. The van der Waals surface area contributed by atoms with Gasteiger partial charge >= 0.3 is 0 Å². The lowest BCUT2D eigenvalue weighted by Crippen LogP contribution is -2.39. The van der Waals surface area contributed by atoms with E-state index in [1.807, 2.05) is 18.2 Å². The summed E-state index contributed by atoms with van der Waals surface area (Å²) in [6, 6.07) is 5.56. The number of aliphatic imine (C=N–C) groups is 1. The maximum atomic E-state index is 12.4. The summed E-state index contributed by atoms with van der Waals surface area (Å²) in [4.78, 5) is 16.9. The van der Waals surface area contributed by atoms with Crippen LogP contribution in [0.5, 0.6) is 0 Å². The Balaban J connectivity index is 2.15. The summed E-state index contributed by atoms with van der Waals surface area (Å²) in [5.41, 5.74) is 3.39. The van der Waals surface area contributed by atoms with E-state index in [1.165, 1.54) is 0 Å². The smallest absolute Gasteiger partial charge is 0.195 e. The van der Waals surface area contributed by atoms with Crippen molar-refractivity contribution >= 4 is 23.4 Å². The summed E-state index contributed by atoms with van der Waals surface area (Å²) < 4.78 is 0. The molecule has 0 saturated carbocycles. The van der Waals surface area contributed by atoms with E-state index >= 15 is 0 Å². The van der Waals surface area contributed by atoms with E-state index in [-0.39, 0.29) is 11.8 Å². The molecule has 0 spiro atoms. The third-order valence-corrected chi connectivity index (χ3v) is 3.26. The molecule has 0 radical (unpaired) electrons.